The third-order valence-electron chi connectivity index (χ3n) is 2.91. The first kappa shape index (κ1) is 12.0. The zero-order chi connectivity index (χ0) is 13.4. The number of aromatic amines is 1. The number of pyridine rings is 1. The maximum absolute atomic E-state index is 5.58. The van der Waals surface area contributed by atoms with E-state index in [9.17, 15) is 0 Å². The number of hydrogen-bond donors (Lipinski definition) is 1. The molecule has 0 aliphatic rings. The van der Waals surface area contributed by atoms with E-state index in [0.29, 0.717) is 17.2 Å². The number of aromatic nitrogens is 3. The minimum atomic E-state index is 0.548. The van der Waals surface area contributed by atoms with E-state index in [2.05, 4.69) is 9.97 Å². The number of hydrogen-bond acceptors (Lipinski definition) is 4. The van der Waals surface area contributed by atoms with Crippen LogP contribution in [0.25, 0.3) is 11.2 Å². The van der Waals surface area contributed by atoms with Crippen LogP contribution < -0.4 is 4.74 Å². The van der Waals surface area contributed by atoms with Gasteiger partial charge in [-0.1, -0.05) is 0 Å². The summed E-state index contributed by atoms with van der Waals surface area (Å²) in [6.07, 6.45) is 0. The maximum atomic E-state index is 5.58. The van der Waals surface area contributed by atoms with Crippen molar-refractivity contribution in [2.24, 2.45) is 0 Å². The number of H-pyrrole nitrogens is 1. The number of nitrogens with one attached hydrogen (secondary N) is 1. The second kappa shape index (κ2) is 4.55. The van der Waals surface area contributed by atoms with Crippen molar-refractivity contribution < 1.29 is 9.15 Å². The standard InChI is InChI=1S/C13H13N3O2S/c1-8-3-4-9(18-8)7-16-12-10(14-13(16)19)5-6-11(15-12)17-2/h3-6H,7H2,1-2H3,(H,14,19). The Bertz CT molecular complexity index is 785. The average Bonchev–Trinajstić information content (AvgIpc) is 2.94. The van der Waals surface area contributed by atoms with Gasteiger partial charge in [0.2, 0.25) is 5.88 Å². The van der Waals surface area contributed by atoms with Gasteiger partial charge in [-0.05, 0) is 37.3 Å². The minimum absolute atomic E-state index is 0.548. The van der Waals surface area contributed by atoms with Crippen LogP contribution in [0.15, 0.2) is 28.7 Å². The molecule has 98 valence electrons. The Morgan fingerprint density at radius 1 is 1.37 bits per heavy atom. The monoisotopic (exact) mass is 275 g/mol. The van der Waals surface area contributed by atoms with Crippen molar-refractivity contribution in [3.05, 3.63) is 40.6 Å². The Hall–Kier alpha value is -2.08. The summed E-state index contributed by atoms with van der Waals surface area (Å²) in [5.41, 5.74) is 1.65. The first-order valence-electron chi connectivity index (χ1n) is 5.86. The number of nitrogens with zero attached hydrogens (tertiary/aromatic N) is 2. The van der Waals surface area contributed by atoms with E-state index in [4.69, 9.17) is 21.4 Å². The lowest BCUT2D eigenvalue weighted by atomic mass is 10.4. The van der Waals surface area contributed by atoms with Crippen LogP contribution in [0.5, 0.6) is 5.88 Å². The molecule has 3 heterocycles. The van der Waals surface area contributed by atoms with Crippen molar-refractivity contribution in [3.8, 4) is 5.88 Å². The molecule has 0 bridgehead atoms. The summed E-state index contributed by atoms with van der Waals surface area (Å²) in [6.45, 7) is 2.46. The lowest BCUT2D eigenvalue weighted by molar-refractivity contribution is 0.398. The number of aryl methyl sites for hydroxylation is 1. The molecule has 5 nitrogen and oxygen atoms in total. The highest BCUT2D eigenvalue weighted by Gasteiger charge is 2.09. The van der Waals surface area contributed by atoms with Crippen molar-refractivity contribution in [2.75, 3.05) is 7.11 Å². The second-order valence-corrected chi connectivity index (χ2v) is 4.64. The second-order valence-electron chi connectivity index (χ2n) is 4.25. The van der Waals surface area contributed by atoms with Crippen LogP contribution in [0, 0.1) is 11.7 Å². The number of methoxy groups -OCH3 is 1. The average molecular weight is 275 g/mol. The lowest BCUT2D eigenvalue weighted by Gasteiger charge is -2.02. The van der Waals surface area contributed by atoms with E-state index >= 15 is 0 Å². The number of ether oxygens (including phenoxy) is 1. The summed E-state index contributed by atoms with van der Waals surface area (Å²) in [4.78, 5) is 7.54. The molecule has 1 N–H and O–H groups in total. The van der Waals surface area contributed by atoms with Gasteiger partial charge in [0, 0.05) is 6.07 Å². The molecular formula is C13H13N3O2S. The Labute approximate surface area is 114 Å². The van der Waals surface area contributed by atoms with E-state index < -0.39 is 0 Å². The van der Waals surface area contributed by atoms with Crippen molar-refractivity contribution >= 4 is 23.4 Å². The van der Waals surface area contributed by atoms with Crippen molar-refractivity contribution in [1.82, 2.24) is 14.5 Å². The van der Waals surface area contributed by atoms with Gasteiger partial charge in [-0.25, -0.2) is 0 Å². The largest absolute Gasteiger partial charge is 0.481 e. The van der Waals surface area contributed by atoms with Crippen molar-refractivity contribution in [3.63, 3.8) is 0 Å². The maximum Gasteiger partial charge on any atom is 0.215 e. The topological polar surface area (TPSA) is 56.0 Å². The molecule has 0 fully saturated rings. The van der Waals surface area contributed by atoms with Crippen LogP contribution in [0.3, 0.4) is 0 Å². The Kier molecular flexibility index (Phi) is 2.87. The van der Waals surface area contributed by atoms with Gasteiger partial charge in [-0.15, -0.1) is 0 Å². The summed E-state index contributed by atoms with van der Waals surface area (Å²) in [6, 6.07) is 7.58. The molecule has 3 aromatic rings. The molecule has 0 unspecified atom stereocenters. The van der Waals surface area contributed by atoms with Gasteiger partial charge in [0.15, 0.2) is 10.4 Å². The SMILES string of the molecule is COc1ccc2[nH]c(=S)n(Cc3ccc(C)o3)c2n1. The van der Waals surface area contributed by atoms with Crippen LogP contribution in [0.2, 0.25) is 0 Å². The van der Waals surface area contributed by atoms with E-state index in [0.717, 1.165) is 22.7 Å². The molecule has 19 heavy (non-hydrogen) atoms. The Morgan fingerprint density at radius 2 is 2.21 bits per heavy atom. The Balaban J connectivity index is 2.11. The van der Waals surface area contributed by atoms with Gasteiger partial charge in [0.05, 0.1) is 19.2 Å². The quantitative estimate of drug-likeness (QED) is 0.746. The van der Waals surface area contributed by atoms with Crippen LogP contribution in [0.4, 0.5) is 0 Å². The molecule has 0 saturated heterocycles. The fourth-order valence-corrected chi connectivity index (χ4v) is 2.26. The van der Waals surface area contributed by atoms with E-state index in [1.54, 1.807) is 13.2 Å². The molecule has 0 atom stereocenters. The predicted molar refractivity (Wildman–Crippen MR) is 74.0 cm³/mol. The fourth-order valence-electron chi connectivity index (χ4n) is 2.00. The number of rotatable bonds is 3. The van der Waals surface area contributed by atoms with Gasteiger partial charge in [0.25, 0.3) is 0 Å². The van der Waals surface area contributed by atoms with Crippen molar-refractivity contribution in [1.29, 1.82) is 0 Å². The van der Waals surface area contributed by atoms with Crippen LogP contribution in [-0.2, 0) is 6.54 Å². The van der Waals surface area contributed by atoms with Crippen LogP contribution >= 0.6 is 12.2 Å². The molecule has 0 aromatic carbocycles. The summed E-state index contributed by atoms with van der Waals surface area (Å²) in [7, 11) is 1.59. The highest BCUT2D eigenvalue weighted by molar-refractivity contribution is 7.71. The number of imidazole rings is 1. The molecule has 0 spiro atoms. The third-order valence-corrected chi connectivity index (χ3v) is 3.23. The summed E-state index contributed by atoms with van der Waals surface area (Å²) in [5.74, 6) is 2.29. The molecule has 3 rings (SSSR count). The molecule has 6 heteroatoms. The Morgan fingerprint density at radius 3 is 2.89 bits per heavy atom. The van der Waals surface area contributed by atoms with Gasteiger partial charge in [-0.2, -0.15) is 4.98 Å². The van der Waals surface area contributed by atoms with Gasteiger partial charge >= 0.3 is 0 Å². The van der Waals surface area contributed by atoms with E-state index in [1.807, 2.05) is 29.7 Å². The number of fused-ring (bicyclic) bond motifs is 1. The van der Waals surface area contributed by atoms with Gasteiger partial charge in [0.1, 0.15) is 11.5 Å². The van der Waals surface area contributed by atoms with Crippen LogP contribution in [-0.4, -0.2) is 21.6 Å². The normalized spacial score (nSPS) is 11.1. The lowest BCUT2D eigenvalue weighted by Crippen LogP contribution is -2.00. The fraction of sp³-hybridized carbons (Fsp3) is 0.231. The first-order valence-corrected chi connectivity index (χ1v) is 6.27. The van der Waals surface area contributed by atoms with Gasteiger partial charge in [-0.3, -0.25) is 4.57 Å². The molecule has 0 aliphatic carbocycles. The third kappa shape index (κ3) is 2.15. The smallest absolute Gasteiger partial charge is 0.215 e. The predicted octanol–water partition coefficient (Wildman–Crippen LogP) is 3.05. The molecule has 0 amide bonds. The van der Waals surface area contributed by atoms with E-state index in [1.165, 1.54) is 0 Å². The zero-order valence-corrected chi connectivity index (χ0v) is 11.5. The molecule has 0 aliphatic heterocycles. The highest BCUT2D eigenvalue weighted by Crippen LogP contribution is 2.18. The van der Waals surface area contributed by atoms with Crippen molar-refractivity contribution in [2.45, 2.75) is 13.5 Å². The molecule has 0 saturated carbocycles. The highest BCUT2D eigenvalue weighted by atomic mass is 32.1. The zero-order valence-electron chi connectivity index (χ0n) is 10.6. The minimum Gasteiger partial charge on any atom is -0.481 e. The first-order chi connectivity index (χ1) is 9.17. The molecule has 0 radical (unpaired) electrons. The summed E-state index contributed by atoms with van der Waals surface area (Å²) < 4.78 is 13.2. The summed E-state index contributed by atoms with van der Waals surface area (Å²) >= 11 is 5.32. The van der Waals surface area contributed by atoms with Crippen LogP contribution in [0.1, 0.15) is 11.5 Å². The van der Waals surface area contributed by atoms with E-state index in [-0.39, 0.29) is 0 Å². The molecule has 3 aromatic heterocycles. The number of furan rings is 1. The summed E-state index contributed by atoms with van der Waals surface area (Å²) in [5, 5.41) is 0. The van der Waals surface area contributed by atoms with Gasteiger partial charge < -0.3 is 14.1 Å². The molecular weight excluding hydrogens is 262 g/mol.